The molecule has 0 bridgehead atoms. The highest BCUT2D eigenvalue weighted by atomic mass is 32.2. The summed E-state index contributed by atoms with van der Waals surface area (Å²) in [5, 5.41) is 18.3. The van der Waals surface area contributed by atoms with E-state index in [9.17, 15) is 13.5 Å². The summed E-state index contributed by atoms with van der Waals surface area (Å²) in [6.45, 7) is 3.46. The molecule has 0 saturated carbocycles. The second-order valence-electron chi connectivity index (χ2n) is 4.86. The molecule has 1 aromatic rings. The molecule has 1 rings (SSSR count). The van der Waals surface area contributed by atoms with E-state index in [0.29, 0.717) is 17.7 Å². The largest absolute Gasteiger partial charge is 0.394 e. The minimum Gasteiger partial charge on any atom is -0.394 e. The van der Waals surface area contributed by atoms with Gasteiger partial charge in [-0.2, -0.15) is 0 Å². The Morgan fingerprint density at radius 1 is 1.32 bits per heavy atom. The first kappa shape index (κ1) is 16.1. The summed E-state index contributed by atoms with van der Waals surface area (Å²) in [5.74, 6) is 0.142. The van der Waals surface area contributed by atoms with Crippen LogP contribution in [0.25, 0.3) is 0 Å². The predicted octanol–water partition coefficient (Wildman–Crippen LogP) is 1.72. The molecule has 0 spiro atoms. The minimum atomic E-state index is -3.21. The van der Waals surface area contributed by atoms with Crippen molar-refractivity contribution in [2.75, 3.05) is 12.4 Å². The van der Waals surface area contributed by atoms with Gasteiger partial charge >= 0.3 is 0 Å². The third kappa shape index (κ3) is 4.60. The molecule has 2 atom stereocenters. The minimum absolute atomic E-state index is 0.000994. The number of hydrogen-bond donors (Lipinski definition) is 2. The third-order valence-corrected chi connectivity index (χ3v) is 5.01. The summed E-state index contributed by atoms with van der Waals surface area (Å²) < 4.78 is 24.0. The fourth-order valence-electron chi connectivity index (χ4n) is 2.02. The van der Waals surface area contributed by atoms with Crippen molar-refractivity contribution in [2.24, 2.45) is 0 Å². The van der Waals surface area contributed by atoms with Gasteiger partial charge in [-0.3, -0.25) is 0 Å². The molecule has 5 heteroatoms. The second-order valence-corrected chi connectivity index (χ2v) is 6.97. The topological polar surface area (TPSA) is 74.6 Å². The van der Waals surface area contributed by atoms with Crippen molar-refractivity contribution >= 4 is 9.84 Å². The molecule has 2 unspecified atom stereocenters. The van der Waals surface area contributed by atoms with Crippen molar-refractivity contribution in [1.29, 1.82) is 0 Å². The highest BCUT2D eigenvalue weighted by Gasteiger charge is 2.16. The molecule has 0 saturated heterocycles. The van der Waals surface area contributed by atoms with Gasteiger partial charge in [0.2, 0.25) is 0 Å². The van der Waals surface area contributed by atoms with Gasteiger partial charge < -0.3 is 10.2 Å². The molecule has 108 valence electrons. The zero-order chi connectivity index (χ0) is 14.5. The van der Waals surface area contributed by atoms with E-state index in [1.165, 1.54) is 0 Å². The van der Waals surface area contributed by atoms with Gasteiger partial charge in [0.25, 0.3) is 0 Å². The monoisotopic (exact) mass is 286 g/mol. The van der Waals surface area contributed by atoms with Crippen LogP contribution < -0.4 is 0 Å². The molecule has 2 N–H and O–H groups in total. The van der Waals surface area contributed by atoms with Gasteiger partial charge in [-0.15, -0.1) is 0 Å². The molecular formula is C14H22O4S. The smallest absolute Gasteiger partial charge is 0.178 e. The first-order chi connectivity index (χ1) is 8.90. The average Bonchev–Trinajstić information content (AvgIpc) is 2.38. The lowest BCUT2D eigenvalue weighted by atomic mass is 9.95. The maximum atomic E-state index is 12.0. The first-order valence-corrected chi connectivity index (χ1v) is 8.17. The molecule has 0 aliphatic carbocycles. The number of rotatable bonds is 7. The van der Waals surface area contributed by atoms with E-state index < -0.39 is 15.9 Å². The van der Waals surface area contributed by atoms with E-state index in [-0.39, 0.29) is 18.3 Å². The summed E-state index contributed by atoms with van der Waals surface area (Å²) in [5.41, 5.74) is 0.865. The SMILES string of the molecule is CCCS(=O)(=O)c1cccc(C(C)CC(O)CO)c1. The maximum absolute atomic E-state index is 12.0. The lowest BCUT2D eigenvalue weighted by Gasteiger charge is -2.16. The summed E-state index contributed by atoms with van der Waals surface area (Å²) in [6.07, 6.45) is 0.227. The Kier molecular flexibility index (Phi) is 5.97. The van der Waals surface area contributed by atoms with E-state index in [1.807, 2.05) is 19.9 Å². The van der Waals surface area contributed by atoms with Crippen molar-refractivity contribution in [3.63, 3.8) is 0 Å². The molecule has 0 amide bonds. The average molecular weight is 286 g/mol. The van der Waals surface area contributed by atoms with Crippen LogP contribution in [0.5, 0.6) is 0 Å². The van der Waals surface area contributed by atoms with E-state index in [2.05, 4.69) is 0 Å². The van der Waals surface area contributed by atoms with Crippen molar-refractivity contribution in [2.45, 2.75) is 43.6 Å². The normalized spacial score (nSPS) is 15.2. The van der Waals surface area contributed by atoms with Crippen LogP contribution in [0.15, 0.2) is 29.2 Å². The fourth-order valence-corrected chi connectivity index (χ4v) is 3.39. The summed E-state index contributed by atoms with van der Waals surface area (Å²) in [6, 6.07) is 6.84. The Bertz CT molecular complexity index is 496. The number of aliphatic hydroxyl groups excluding tert-OH is 2. The molecule has 19 heavy (non-hydrogen) atoms. The number of sulfone groups is 1. The third-order valence-electron chi connectivity index (χ3n) is 3.10. The lowest BCUT2D eigenvalue weighted by molar-refractivity contribution is 0.0835. The molecule has 0 heterocycles. The van der Waals surface area contributed by atoms with Crippen LogP contribution in [0, 0.1) is 0 Å². The molecular weight excluding hydrogens is 264 g/mol. The fraction of sp³-hybridized carbons (Fsp3) is 0.571. The van der Waals surface area contributed by atoms with Crippen LogP contribution in [0.1, 0.15) is 38.2 Å². The van der Waals surface area contributed by atoms with Gasteiger partial charge in [-0.25, -0.2) is 8.42 Å². The van der Waals surface area contributed by atoms with Crippen LogP contribution in [0.3, 0.4) is 0 Å². The second kappa shape index (κ2) is 7.03. The summed E-state index contributed by atoms with van der Waals surface area (Å²) in [7, 11) is -3.21. The van der Waals surface area contributed by atoms with Crippen molar-refractivity contribution in [3.05, 3.63) is 29.8 Å². The van der Waals surface area contributed by atoms with Crippen LogP contribution in [-0.2, 0) is 9.84 Å². The van der Waals surface area contributed by atoms with Crippen LogP contribution >= 0.6 is 0 Å². The molecule has 0 aliphatic rings. The Morgan fingerprint density at radius 2 is 2.00 bits per heavy atom. The lowest BCUT2D eigenvalue weighted by Crippen LogP contribution is -2.15. The highest BCUT2D eigenvalue weighted by molar-refractivity contribution is 7.91. The van der Waals surface area contributed by atoms with Crippen molar-refractivity contribution in [1.82, 2.24) is 0 Å². The number of aliphatic hydroxyl groups is 2. The van der Waals surface area contributed by atoms with E-state index in [1.54, 1.807) is 18.2 Å². The Labute approximate surface area is 115 Å². The standard InChI is InChI=1S/C14H22O4S/c1-3-7-19(17,18)14-6-4-5-12(9-14)11(2)8-13(16)10-15/h4-6,9,11,13,15-16H,3,7-8,10H2,1-2H3. The van der Waals surface area contributed by atoms with Crippen LogP contribution in [0.2, 0.25) is 0 Å². The summed E-state index contributed by atoms with van der Waals surface area (Å²) in [4.78, 5) is 0.331. The molecule has 0 aliphatic heterocycles. The highest BCUT2D eigenvalue weighted by Crippen LogP contribution is 2.24. The number of benzene rings is 1. The molecule has 0 radical (unpaired) electrons. The molecule has 0 aromatic heterocycles. The van der Waals surface area contributed by atoms with Gasteiger partial charge in [0, 0.05) is 0 Å². The quantitative estimate of drug-likeness (QED) is 0.800. The first-order valence-electron chi connectivity index (χ1n) is 6.52. The zero-order valence-corrected chi connectivity index (χ0v) is 12.2. The van der Waals surface area contributed by atoms with Crippen LogP contribution in [-0.4, -0.2) is 37.1 Å². The van der Waals surface area contributed by atoms with E-state index >= 15 is 0 Å². The Hall–Kier alpha value is -0.910. The zero-order valence-electron chi connectivity index (χ0n) is 11.4. The Balaban J connectivity index is 2.94. The molecule has 4 nitrogen and oxygen atoms in total. The van der Waals surface area contributed by atoms with E-state index in [4.69, 9.17) is 5.11 Å². The number of hydrogen-bond acceptors (Lipinski definition) is 4. The maximum Gasteiger partial charge on any atom is 0.178 e. The van der Waals surface area contributed by atoms with Gasteiger partial charge in [0.15, 0.2) is 9.84 Å². The van der Waals surface area contributed by atoms with Gasteiger partial charge in [-0.05, 0) is 36.5 Å². The summed E-state index contributed by atoms with van der Waals surface area (Å²) >= 11 is 0. The van der Waals surface area contributed by atoms with Gasteiger partial charge in [-0.1, -0.05) is 26.0 Å². The molecule has 0 fully saturated rings. The van der Waals surface area contributed by atoms with Gasteiger partial charge in [0.1, 0.15) is 0 Å². The van der Waals surface area contributed by atoms with Gasteiger partial charge in [0.05, 0.1) is 23.4 Å². The Morgan fingerprint density at radius 3 is 2.58 bits per heavy atom. The van der Waals surface area contributed by atoms with Crippen molar-refractivity contribution < 1.29 is 18.6 Å². The van der Waals surface area contributed by atoms with E-state index in [0.717, 1.165) is 5.56 Å². The predicted molar refractivity (Wildman–Crippen MR) is 74.9 cm³/mol. The van der Waals surface area contributed by atoms with Crippen LogP contribution in [0.4, 0.5) is 0 Å². The van der Waals surface area contributed by atoms with Crippen molar-refractivity contribution in [3.8, 4) is 0 Å². The molecule has 1 aromatic carbocycles.